The minimum atomic E-state index is 0.140. The van der Waals surface area contributed by atoms with Gasteiger partial charge in [-0.2, -0.15) is 5.10 Å². The molecule has 37 heavy (non-hydrogen) atoms. The van der Waals surface area contributed by atoms with Gasteiger partial charge in [0.25, 0.3) is 0 Å². The van der Waals surface area contributed by atoms with E-state index in [-0.39, 0.29) is 5.78 Å². The number of hydrogen-bond acceptors (Lipinski definition) is 8. The molecule has 0 saturated carbocycles. The van der Waals surface area contributed by atoms with Crippen LogP contribution in [0.25, 0.3) is 27.5 Å². The molecule has 0 spiro atoms. The minimum absolute atomic E-state index is 0.140. The highest BCUT2D eigenvalue weighted by Gasteiger charge is 2.21. The van der Waals surface area contributed by atoms with Crippen molar-refractivity contribution < 1.29 is 9.53 Å². The predicted molar refractivity (Wildman–Crippen MR) is 149 cm³/mol. The number of ether oxygens (including phenoxy) is 1. The normalized spacial score (nSPS) is 15.0. The van der Waals surface area contributed by atoms with Crippen LogP contribution in [0.4, 0.5) is 5.82 Å². The Morgan fingerprint density at radius 2 is 1.95 bits per heavy atom. The number of ketones is 1. The zero-order valence-electron chi connectivity index (χ0n) is 21.8. The Morgan fingerprint density at radius 3 is 2.68 bits per heavy atom. The molecule has 4 aromatic rings. The van der Waals surface area contributed by atoms with Gasteiger partial charge in [0.15, 0.2) is 11.4 Å². The van der Waals surface area contributed by atoms with Gasteiger partial charge in [0, 0.05) is 37.3 Å². The molecule has 8 nitrogen and oxygen atoms in total. The average Bonchev–Trinajstić information content (AvgIpc) is 3.63. The van der Waals surface area contributed by atoms with Gasteiger partial charge in [0.1, 0.15) is 5.82 Å². The van der Waals surface area contributed by atoms with Crippen LogP contribution in [0.3, 0.4) is 0 Å². The van der Waals surface area contributed by atoms with E-state index in [9.17, 15) is 4.79 Å². The summed E-state index contributed by atoms with van der Waals surface area (Å²) in [4.78, 5) is 29.0. The van der Waals surface area contributed by atoms with Crippen molar-refractivity contribution in [3.63, 3.8) is 0 Å². The Labute approximate surface area is 221 Å². The first-order chi connectivity index (χ1) is 18.1. The van der Waals surface area contributed by atoms with Gasteiger partial charge in [0.2, 0.25) is 0 Å². The monoisotopic (exact) mass is 518 g/mol. The first-order valence-electron chi connectivity index (χ1n) is 13.1. The van der Waals surface area contributed by atoms with Gasteiger partial charge in [-0.3, -0.25) is 4.79 Å². The van der Waals surface area contributed by atoms with Crippen LogP contribution in [-0.4, -0.2) is 75.7 Å². The molecule has 1 aliphatic rings. The molecule has 0 aliphatic carbocycles. The van der Waals surface area contributed by atoms with Crippen molar-refractivity contribution >= 4 is 28.6 Å². The number of anilines is 1. The van der Waals surface area contributed by atoms with Crippen molar-refractivity contribution in [2.45, 2.75) is 39.7 Å². The second-order valence-electron chi connectivity index (χ2n) is 9.35. The summed E-state index contributed by atoms with van der Waals surface area (Å²) in [6, 6.07) is 10.3. The van der Waals surface area contributed by atoms with Gasteiger partial charge in [0.05, 0.1) is 41.2 Å². The lowest BCUT2D eigenvalue weighted by Gasteiger charge is -2.28. The maximum Gasteiger partial charge on any atom is 0.165 e. The smallest absolute Gasteiger partial charge is 0.165 e. The molecule has 1 saturated heterocycles. The van der Waals surface area contributed by atoms with Gasteiger partial charge < -0.3 is 14.5 Å². The van der Waals surface area contributed by atoms with Crippen molar-refractivity contribution in [1.29, 1.82) is 0 Å². The van der Waals surface area contributed by atoms with E-state index in [0.29, 0.717) is 31.2 Å². The van der Waals surface area contributed by atoms with E-state index in [1.165, 1.54) is 0 Å². The molecule has 0 unspecified atom stereocenters. The Hall–Kier alpha value is -3.14. The summed E-state index contributed by atoms with van der Waals surface area (Å²) in [5.74, 6) is 0.940. The van der Waals surface area contributed by atoms with Gasteiger partial charge in [-0.15, -0.1) is 11.3 Å². The van der Waals surface area contributed by atoms with E-state index in [1.54, 1.807) is 22.0 Å². The molecular weight excluding hydrogens is 484 g/mol. The molecule has 1 atom stereocenters. The molecule has 5 rings (SSSR count). The zero-order chi connectivity index (χ0) is 25.8. The molecule has 0 radical (unpaired) electrons. The van der Waals surface area contributed by atoms with Crippen LogP contribution in [0.1, 0.15) is 44.0 Å². The van der Waals surface area contributed by atoms with Crippen LogP contribution in [0.2, 0.25) is 0 Å². The zero-order valence-corrected chi connectivity index (χ0v) is 22.6. The number of morpholine rings is 1. The standard InChI is InChI=1S/C28H34N6O2S/c1-4-32(5-2)20(3)8-9-25(35)21-17-24(30-27(18-21)33-12-14-36-15-13-33)22-19-29-34-11-10-23(31-28(22)34)26-7-6-16-37-26/h6-7,10-11,16-20H,4-5,8-9,12-15H2,1-3H3/t20-/m0/s1. The highest BCUT2D eigenvalue weighted by atomic mass is 32.1. The van der Waals surface area contributed by atoms with Crippen LogP contribution in [0, 0.1) is 0 Å². The first kappa shape index (κ1) is 25.5. The number of carbonyl (C=O) groups excluding carboxylic acids is 1. The topological polar surface area (TPSA) is 75.9 Å². The van der Waals surface area contributed by atoms with Crippen LogP contribution in [-0.2, 0) is 4.74 Å². The molecule has 0 amide bonds. The van der Waals surface area contributed by atoms with Gasteiger partial charge >= 0.3 is 0 Å². The summed E-state index contributed by atoms with van der Waals surface area (Å²) in [5.41, 5.74) is 3.85. The fraction of sp³-hybridized carbons (Fsp3) is 0.429. The Kier molecular flexibility index (Phi) is 7.93. The molecule has 4 aromatic heterocycles. The van der Waals surface area contributed by atoms with Gasteiger partial charge in [-0.1, -0.05) is 19.9 Å². The summed E-state index contributed by atoms with van der Waals surface area (Å²) in [5, 5.41) is 6.57. The lowest BCUT2D eigenvalue weighted by molar-refractivity contribution is 0.0964. The summed E-state index contributed by atoms with van der Waals surface area (Å²) in [7, 11) is 0. The number of Topliss-reactive ketones (excluding diaryl/α,β-unsaturated/α-hetero) is 1. The van der Waals surface area contributed by atoms with E-state index in [4.69, 9.17) is 14.7 Å². The highest BCUT2D eigenvalue weighted by Crippen LogP contribution is 2.29. The average molecular weight is 519 g/mol. The molecule has 0 N–H and O–H groups in total. The maximum atomic E-state index is 13.5. The highest BCUT2D eigenvalue weighted by molar-refractivity contribution is 7.13. The molecule has 1 aliphatic heterocycles. The number of rotatable bonds is 10. The van der Waals surface area contributed by atoms with Crippen molar-refractivity contribution in [3.05, 3.63) is 53.7 Å². The lowest BCUT2D eigenvalue weighted by Crippen LogP contribution is -2.37. The third kappa shape index (κ3) is 5.58. The van der Waals surface area contributed by atoms with Crippen molar-refractivity contribution in [2.24, 2.45) is 0 Å². The van der Waals surface area contributed by atoms with Crippen molar-refractivity contribution in [1.82, 2.24) is 24.5 Å². The molecule has 1 fully saturated rings. The van der Waals surface area contributed by atoms with Crippen LogP contribution < -0.4 is 4.90 Å². The van der Waals surface area contributed by atoms with E-state index >= 15 is 0 Å². The van der Waals surface area contributed by atoms with E-state index in [1.807, 2.05) is 35.8 Å². The number of pyridine rings is 1. The Morgan fingerprint density at radius 1 is 1.14 bits per heavy atom. The summed E-state index contributed by atoms with van der Waals surface area (Å²) < 4.78 is 7.32. The van der Waals surface area contributed by atoms with Gasteiger partial charge in [-0.05, 0) is 56.1 Å². The molecule has 5 heterocycles. The number of hydrogen-bond donors (Lipinski definition) is 0. The second kappa shape index (κ2) is 11.5. The Balaban J connectivity index is 1.50. The second-order valence-corrected chi connectivity index (χ2v) is 10.3. The molecule has 0 bridgehead atoms. The summed E-state index contributed by atoms with van der Waals surface area (Å²) in [6.45, 7) is 11.3. The van der Waals surface area contributed by atoms with Crippen LogP contribution >= 0.6 is 11.3 Å². The minimum Gasteiger partial charge on any atom is -0.378 e. The largest absolute Gasteiger partial charge is 0.378 e. The molecular formula is C28H34N6O2S. The number of nitrogens with zero attached hydrogens (tertiary/aromatic N) is 6. The van der Waals surface area contributed by atoms with Crippen LogP contribution in [0.5, 0.6) is 0 Å². The summed E-state index contributed by atoms with van der Waals surface area (Å²) >= 11 is 1.65. The molecule has 194 valence electrons. The van der Waals surface area contributed by atoms with E-state index in [0.717, 1.165) is 65.9 Å². The van der Waals surface area contributed by atoms with E-state index in [2.05, 4.69) is 41.7 Å². The van der Waals surface area contributed by atoms with Gasteiger partial charge in [-0.25, -0.2) is 14.5 Å². The van der Waals surface area contributed by atoms with Crippen molar-refractivity contribution in [3.8, 4) is 21.8 Å². The third-order valence-electron chi connectivity index (χ3n) is 7.11. The molecule has 9 heteroatoms. The van der Waals surface area contributed by atoms with Crippen LogP contribution in [0.15, 0.2) is 48.1 Å². The maximum absolute atomic E-state index is 13.5. The first-order valence-corrected chi connectivity index (χ1v) is 14.0. The van der Waals surface area contributed by atoms with Crippen molar-refractivity contribution in [2.75, 3.05) is 44.3 Å². The fourth-order valence-electron chi connectivity index (χ4n) is 4.89. The summed E-state index contributed by atoms with van der Waals surface area (Å²) in [6.07, 6.45) is 5.04. The fourth-order valence-corrected chi connectivity index (χ4v) is 5.59. The number of thiophene rings is 1. The predicted octanol–water partition coefficient (Wildman–Crippen LogP) is 5.05. The molecule has 0 aromatic carbocycles. The van der Waals surface area contributed by atoms with E-state index < -0.39 is 0 Å². The third-order valence-corrected chi connectivity index (χ3v) is 8.00. The lowest BCUT2D eigenvalue weighted by atomic mass is 10.0. The Bertz CT molecular complexity index is 1340. The number of aromatic nitrogens is 4. The number of fused-ring (bicyclic) bond motifs is 1. The number of carbonyl (C=O) groups is 1. The SMILES string of the molecule is CCN(CC)[C@@H](C)CCC(=O)c1cc(-c2cnn3ccc(-c4cccs4)nc23)nc(N2CCOCC2)c1. The quantitative estimate of drug-likeness (QED) is 0.272.